The lowest BCUT2D eigenvalue weighted by Gasteiger charge is -2.12. The highest BCUT2D eigenvalue weighted by Crippen LogP contribution is 2.30. The van der Waals surface area contributed by atoms with Gasteiger partial charge in [0.2, 0.25) is 0 Å². The van der Waals surface area contributed by atoms with E-state index in [4.69, 9.17) is 15.0 Å². The molecule has 0 saturated carbocycles. The topological polar surface area (TPSA) is 51.6 Å². The molecule has 0 aliphatic rings. The van der Waals surface area contributed by atoms with Crippen molar-refractivity contribution in [3.8, 4) is 0 Å². The van der Waals surface area contributed by atoms with Crippen molar-refractivity contribution in [1.29, 1.82) is 0 Å². The van der Waals surface area contributed by atoms with Gasteiger partial charge in [-0.25, -0.2) is 0 Å². The standard InChI is InChI=1S/C30H26N4/c1-17-11-22-7-8-23-12-21(15-33-28(23)27(22)31-13-17)5-6-24-16-34-30-26(20(24)4)10-9-25-19(3)18(2)14-32-29(25)30/h7-16H,5-6H2,1-4H3. The summed E-state index contributed by atoms with van der Waals surface area (Å²) in [5.74, 6) is 0. The normalized spacial score (nSPS) is 11.8. The van der Waals surface area contributed by atoms with Crippen LogP contribution in [0.25, 0.3) is 43.6 Å². The molecular weight excluding hydrogens is 416 g/mol. The number of pyridine rings is 4. The molecule has 4 aromatic heterocycles. The summed E-state index contributed by atoms with van der Waals surface area (Å²) < 4.78 is 0. The number of aryl methyl sites for hydroxylation is 6. The molecule has 0 spiro atoms. The first-order chi connectivity index (χ1) is 16.5. The Bertz CT molecular complexity index is 1750. The van der Waals surface area contributed by atoms with Crippen LogP contribution in [-0.4, -0.2) is 19.9 Å². The molecule has 0 amide bonds. The fraction of sp³-hybridized carbons (Fsp3) is 0.200. The predicted octanol–water partition coefficient (Wildman–Crippen LogP) is 6.90. The van der Waals surface area contributed by atoms with Crippen molar-refractivity contribution in [2.24, 2.45) is 0 Å². The number of fused-ring (bicyclic) bond motifs is 6. The van der Waals surface area contributed by atoms with Crippen LogP contribution in [-0.2, 0) is 12.8 Å². The summed E-state index contributed by atoms with van der Waals surface area (Å²) in [6.45, 7) is 8.53. The van der Waals surface area contributed by atoms with Crippen LogP contribution in [0, 0.1) is 27.7 Å². The van der Waals surface area contributed by atoms with Gasteiger partial charge in [0.25, 0.3) is 0 Å². The highest BCUT2D eigenvalue weighted by atomic mass is 14.7. The van der Waals surface area contributed by atoms with Gasteiger partial charge in [-0.15, -0.1) is 0 Å². The molecule has 34 heavy (non-hydrogen) atoms. The minimum Gasteiger partial charge on any atom is -0.254 e. The van der Waals surface area contributed by atoms with Crippen molar-refractivity contribution in [3.63, 3.8) is 0 Å². The van der Waals surface area contributed by atoms with Gasteiger partial charge in [-0.05, 0) is 86.1 Å². The Morgan fingerprint density at radius 3 is 1.94 bits per heavy atom. The Labute approximate surface area is 198 Å². The second-order valence-electron chi connectivity index (χ2n) is 9.40. The molecule has 0 atom stereocenters. The minimum atomic E-state index is 0.917. The molecule has 0 fully saturated rings. The second-order valence-corrected chi connectivity index (χ2v) is 9.40. The largest absolute Gasteiger partial charge is 0.254 e. The fourth-order valence-electron chi connectivity index (χ4n) is 4.95. The lowest BCUT2D eigenvalue weighted by Crippen LogP contribution is -1.99. The van der Waals surface area contributed by atoms with E-state index in [9.17, 15) is 0 Å². The molecule has 0 aliphatic carbocycles. The van der Waals surface area contributed by atoms with Crippen molar-refractivity contribution < 1.29 is 0 Å². The zero-order valence-electron chi connectivity index (χ0n) is 20.0. The monoisotopic (exact) mass is 442 g/mol. The molecule has 0 unspecified atom stereocenters. The molecule has 4 heteroatoms. The maximum absolute atomic E-state index is 4.86. The van der Waals surface area contributed by atoms with E-state index in [1.165, 1.54) is 38.6 Å². The average Bonchev–Trinajstić information content (AvgIpc) is 2.85. The first-order valence-corrected chi connectivity index (χ1v) is 11.8. The third kappa shape index (κ3) is 3.29. The molecule has 0 aliphatic heterocycles. The van der Waals surface area contributed by atoms with E-state index in [0.717, 1.165) is 51.2 Å². The number of benzene rings is 2. The minimum absolute atomic E-state index is 0.917. The second kappa shape index (κ2) is 7.84. The van der Waals surface area contributed by atoms with E-state index in [1.807, 2.05) is 24.8 Å². The molecule has 0 bridgehead atoms. The van der Waals surface area contributed by atoms with E-state index >= 15 is 0 Å². The summed E-state index contributed by atoms with van der Waals surface area (Å²) in [6, 6.07) is 13.1. The lowest BCUT2D eigenvalue weighted by atomic mass is 9.97. The average molecular weight is 443 g/mol. The molecule has 6 rings (SSSR count). The highest BCUT2D eigenvalue weighted by molar-refractivity contribution is 6.05. The van der Waals surface area contributed by atoms with Gasteiger partial charge in [0.05, 0.1) is 22.1 Å². The lowest BCUT2D eigenvalue weighted by molar-refractivity contribution is 0.939. The zero-order valence-corrected chi connectivity index (χ0v) is 20.0. The molecule has 0 N–H and O–H groups in total. The van der Waals surface area contributed by atoms with Gasteiger partial charge >= 0.3 is 0 Å². The summed E-state index contributed by atoms with van der Waals surface area (Å²) in [6.07, 6.45) is 9.73. The summed E-state index contributed by atoms with van der Waals surface area (Å²) in [4.78, 5) is 19.0. The van der Waals surface area contributed by atoms with E-state index in [-0.39, 0.29) is 0 Å². The molecule has 2 aromatic carbocycles. The van der Waals surface area contributed by atoms with Crippen molar-refractivity contribution in [2.45, 2.75) is 40.5 Å². The van der Waals surface area contributed by atoms with Crippen LogP contribution in [0.5, 0.6) is 0 Å². The predicted molar refractivity (Wildman–Crippen MR) is 140 cm³/mol. The maximum atomic E-state index is 4.86. The van der Waals surface area contributed by atoms with Gasteiger partial charge in [0, 0.05) is 46.3 Å². The molecular formula is C30H26N4. The van der Waals surface area contributed by atoms with Gasteiger partial charge < -0.3 is 0 Å². The Morgan fingerprint density at radius 1 is 0.559 bits per heavy atom. The van der Waals surface area contributed by atoms with Gasteiger partial charge in [0.1, 0.15) is 0 Å². The summed E-state index contributed by atoms with van der Waals surface area (Å²) in [5, 5.41) is 4.65. The van der Waals surface area contributed by atoms with E-state index in [2.05, 4.69) is 69.1 Å². The quantitative estimate of drug-likeness (QED) is 0.280. The smallest absolute Gasteiger partial charge is 0.0967 e. The highest BCUT2D eigenvalue weighted by Gasteiger charge is 2.12. The van der Waals surface area contributed by atoms with E-state index < -0.39 is 0 Å². The zero-order chi connectivity index (χ0) is 23.4. The summed E-state index contributed by atoms with van der Waals surface area (Å²) in [5.41, 5.74) is 11.3. The van der Waals surface area contributed by atoms with Crippen molar-refractivity contribution in [3.05, 3.63) is 94.6 Å². The number of hydrogen-bond donors (Lipinski definition) is 0. The van der Waals surface area contributed by atoms with Gasteiger partial charge in [-0.3, -0.25) is 19.9 Å². The SMILES string of the molecule is Cc1cnc2c(ccc3cc(CCc4cnc5c(ccc6c(C)c(C)cnc65)c4C)cnc32)c1. The fourth-order valence-corrected chi connectivity index (χ4v) is 4.95. The van der Waals surface area contributed by atoms with E-state index in [1.54, 1.807) is 0 Å². The van der Waals surface area contributed by atoms with Crippen LogP contribution in [0.1, 0.15) is 33.4 Å². The van der Waals surface area contributed by atoms with Gasteiger partial charge in [-0.1, -0.05) is 24.3 Å². The molecule has 4 heterocycles. The Balaban J connectivity index is 1.33. The maximum Gasteiger partial charge on any atom is 0.0967 e. The number of nitrogens with zero attached hydrogens (tertiary/aromatic N) is 4. The van der Waals surface area contributed by atoms with Crippen molar-refractivity contribution in [1.82, 2.24) is 19.9 Å². The molecule has 166 valence electrons. The first kappa shape index (κ1) is 20.7. The van der Waals surface area contributed by atoms with Crippen LogP contribution < -0.4 is 0 Å². The molecule has 6 aromatic rings. The third-order valence-electron chi connectivity index (χ3n) is 7.15. The number of rotatable bonds is 3. The number of hydrogen-bond acceptors (Lipinski definition) is 4. The summed E-state index contributed by atoms with van der Waals surface area (Å²) in [7, 11) is 0. The molecule has 4 nitrogen and oxygen atoms in total. The van der Waals surface area contributed by atoms with Crippen LogP contribution in [0.3, 0.4) is 0 Å². The molecule has 0 radical (unpaired) electrons. The third-order valence-corrected chi connectivity index (χ3v) is 7.15. The first-order valence-electron chi connectivity index (χ1n) is 11.8. The van der Waals surface area contributed by atoms with Crippen LogP contribution in [0.4, 0.5) is 0 Å². The molecule has 0 saturated heterocycles. The Morgan fingerprint density at radius 2 is 1.18 bits per heavy atom. The summed E-state index contributed by atoms with van der Waals surface area (Å²) >= 11 is 0. The Hall–Kier alpha value is -3.92. The van der Waals surface area contributed by atoms with Crippen LogP contribution >= 0.6 is 0 Å². The van der Waals surface area contributed by atoms with Gasteiger partial charge in [-0.2, -0.15) is 0 Å². The van der Waals surface area contributed by atoms with Gasteiger partial charge in [0.15, 0.2) is 0 Å². The van der Waals surface area contributed by atoms with Crippen molar-refractivity contribution >= 4 is 43.6 Å². The number of aromatic nitrogens is 4. The Kier molecular flexibility index (Phi) is 4.77. The van der Waals surface area contributed by atoms with E-state index in [0.29, 0.717) is 0 Å². The van der Waals surface area contributed by atoms with Crippen LogP contribution in [0.2, 0.25) is 0 Å². The van der Waals surface area contributed by atoms with Crippen molar-refractivity contribution in [2.75, 3.05) is 0 Å². The van der Waals surface area contributed by atoms with Crippen LogP contribution in [0.15, 0.2) is 61.2 Å².